The highest BCUT2D eigenvalue weighted by Crippen LogP contribution is 2.21. The van der Waals surface area contributed by atoms with Gasteiger partial charge in [-0.05, 0) is 18.2 Å². The van der Waals surface area contributed by atoms with Crippen LogP contribution in [-0.2, 0) is 10.0 Å². The van der Waals surface area contributed by atoms with Crippen LogP contribution in [0, 0.1) is 0 Å². The molecule has 0 bridgehead atoms. The lowest BCUT2D eigenvalue weighted by molar-refractivity contribution is 0.383. The van der Waals surface area contributed by atoms with Gasteiger partial charge in [0.2, 0.25) is 0 Å². The minimum atomic E-state index is -3.47. The van der Waals surface area contributed by atoms with Crippen LogP contribution in [0.1, 0.15) is 0 Å². The number of nitrogens with zero attached hydrogens (tertiary/aromatic N) is 3. The number of imidazole rings is 1. The highest BCUT2D eigenvalue weighted by atomic mass is 32.2. The Labute approximate surface area is 123 Å². The Kier molecular flexibility index (Phi) is 3.56. The molecule has 0 amide bonds. The summed E-state index contributed by atoms with van der Waals surface area (Å²) in [7, 11) is -3.47. The van der Waals surface area contributed by atoms with Crippen LogP contribution in [0.25, 0.3) is 0 Å². The van der Waals surface area contributed by atoms with Crippen molar-refractivity contribution in [3.63, 3.8) is 0 Å². The van der Waals surface area contributed by atoms with E-state index in [0.717, 1.165) is 5.69 Å². The van der Waals surface area contributed by atoms with Gasteiger partial charge in [0.15, 0.2) is 5.03 Å². The summed E-state index contributed by atoms with van der Waals surface area (Å²) >= 11 is 0. The largest absolute Gasteiger partial charge is 0.399 e. The summed E-state index contributed by atoms with van der Waals surface area (Å²) in [5.41, 5.74) is 7.51. The number of nitrogen functional groups attached to an aromatic ring is 1. The normalized spacial score (nSPS) is 17.0. The van der Waals surface area contributed by atoms with E-state index in [1.807, 2.05) is 24.3 Å². The fourth-order valence-corrected chi connectivity index (χ4v) is 3.75. The molecule has 1 fully saturated rings. The van der Waals surface area contributed by atoms with Crippen molar-refractivity contribution in [1.82, 2.24) is 14.3 Å². The minimum absolute atomic E-state index is 0.139. The Morgan fingerprint density at radius 1 is 1.19 bits per heavy atom. The number of piperazine rings is 1. The lowest BCUT2D eigenvalue weighted by Crippen LogP contribution is -2.48. The van der Waals surface area contributed by atoms with Crippen LogP contribution < -0.4 is 10.6 Å². The second kappa shape index (κ2) is 5.38. The molecule has 8 heteroatoms. The number of aromatic nitrogens is 2. The number of nitrogens with two attached hydrogens (primary N) is 1. The molecule has 0 atom stereocenters. The van der Waals surface area contributed by atoms with Gasteiger partial charge in [0.25, 0.3) is 10.0 Å². The van der Waals surface area contributed by atoms with E-state index >= 15 is 0 Å². The first kappa shape index (κ1) is 13.9. The molecule has 0 aliphatic carbocycles. The molecule has 2 heterocycles. The first-order chi connectivity index (χ1) is 10.1. The molecule has 1 saturated heterocycles. The maximum Gasteiger partial charge on any atom is 0.260 e. The fourth-order valence-electron chi connectivity index (χ4n) is 2.43. The number of benzene rings is 1. The lowest BCUT2D eigenvalue weighted by Gasteiger charge is -2.35. The van der Waals surface area contributed by atoms with Gasteiger partial charge in [-0.15, -0.1) is 0 Å². The predicted molar refractivity (Wildman–Crippen MR) is 80.4 cm³/mol. The topological polar surface area (TPSA) is 95.3 Å². The van der Waals surface area contributed by atoms with E-state index in [2.05, 4.69) is 14.9 Å². The van der Waals surface area contributed by atoms with Gasteiger partial charge in [-0.25, -0.2) is 13.4 Å². The van der Waals surface area contributed by atoms with Gasteiger partial charge < -0.3 is 15.6 Å². The van der Waals surface area contributed by atoms with Crippen molar-refractivity contribution in [3.8, 4) is 0 Å². The number of nitrogens with one attached hydrogen (secondary N) is 1. The van der Waals surface area contributed by atoms with Crippen LogP contribution in [0.4, 0.5) is 11.4 Å². The summed E-state index contributed by atoms with van der Waals surface area (Å²) in [4.78, 5) is 8.56. The summed E-state index contributed by atoms with van der Waals surface area (Å²) in [6, 6.07) is 7.62. The molecule has 21 heavy (non-hydrogen) atoms. The zero-order chi connectivity index (χ0) is 14.9. The molecule has 2 aromatic rings. The molecular formula is C13H17N5O2S. The summed E-state index contributed by atoms with van der Waals surface area (Å²) in [5, 5.41) is 0.139. The van der Waals surface area contributed by atoms with E-state index in [0.29, 0.717) is 31.9 Å². The van der Waals surface area contributed by atoms with Crippen LogP contribution in [0.15, 0.2) is 41.8 Å². The maximum atomic E-state index is 12.4. The third kappa shape index (κ3) is 2.72. The van der Waals surface area contributed by atoms with Crippen molar-refractivity contribution in [2.24, 2.45) is 0 Å². The van der Waals surface area contributed by atoms with Gasteiger partial charge in [-0.2, -0.15) is 4.31 Å². The second-order valence-corrected chi connectivity index (χ2v) is 6.81. The SMILES string of the molecule is Nc1cccc(N2CCN(S(=O)(=O)c3cnc[nH]3)CC2)c1. The standard InChI is InChI=1S/C13H17N5O2S/c14-11-2-1-3-12(8-11)17-4-6-18(7-5-17)21(19,20)13-9-15-10-16-13/h1-3,8-10H,4-7,14H2,(H,15,16). The molecule has 0 saturated carbocycles. The molecule has 1 aromatic carbocycles. The van der Waals surface area contributed by atoms with Crippen molar-refractivity contribution >= 4 is 21.4 Å². The Balaban J connectivity index is 1.71. The highest BCUT2D eigenvalue weighted by Gasteiger charge is 2.29. The first-order valence-corrected chi connectivity index (χ1v) is 8.10. The van der Waals surface area contributed by atoms with Crippen molar-refractivity contribution in [2.75, 3.05) is 36.8 Å². The molecule has 1 aliphatic rings. The monoisotopic (exact) mass is 307 g/mol. The Morgan fingerprint density at radius 3 is 2.57 bits per heavy atom. The van der Waals surface area contributed by atoms with Crippen molar-refractivity contribution in [2.45, 2.75) is 5.03 Å². The molecule has 1 aromatic heterocycles. The Morgan fingerprint density at radius 2 is 1.95 bits per heavy atom. The molecular weight excluding hydrogens is 290 g/mol. The molecule has 3 N–H and O–H groups in total. The van der Waals surface area contributed by atoms with Crippen LogP contribution in [0.5, 0.6) is 0 Å². The number of sulfonamides is 1. The number of rotatable bonds is 3. The number of aromatic amines is 1. The van der Waals surface area contributed by atoms with Crippen molar-refractivity contribution in [3.05, 3.63) is 36.8 Å². The maximum absolute atomic E-state index is 12.4. The van der Waals surface area contributed by atoms with E-state index in [9.17, 15) is 8.42 Å². The van der Waals surface area contributed by atoms with E-state index < -0.39 is 10.0 Å². The van der Waals surface area contributed by atoms with Crippen LogP contribution >= 0.6 is 0 Å². The Bertz CT molecular complexity index is 706. The Hall–Kier alpha value is -2.06. The third-order valence-electron chi connectivity index (χ3n) is 3.56. The van der Waals surface area contributed by atoms with Crippen LogP contribution in [0.2, 0.25) is 0 Å². The number of H-pyrrole nitrogens is 1. The molecule has 0 radical (unpaired) electrons. The average molecular weight is 307 g/mol. The summed E-state index contributed by atoms with van der Waals surface area (Å²) in [6.07, 6.45) is 2.70. The summed E-state index contributed by atoms with van der Waals surface area (Å²) in [6.45, 7) is 2.15. The molecule has 112 valence electrons. The van der Waals surface area contributed by atoms with Gasteiger partial charge >= 0.3 is 0 Å². The van der Waals surface area contributed by atoms with Crippen LogP contribution in [-0.4, -0.2) is 48.9 Å². The molecule has 0 unspecified atom stereocenters. The third-order valence-corrected chi connectivity index (χ3v) is 5.39. The quantitative estimate of drug-likeness (QED) is 0.805. The molecule has 1 aliphatic heterocycles. The van der Waals surface area contributed by atoms with Crippen LogP contribution in [0.3, 0.4) is 0 Å². The van der Waals surface area contributed by atoms with Gasteiger partial charge in [-0.3, -0.25) is 0 Å². The minimum Gasteiger partial charge on any atom is -0.399 e. The zero-order valence-corrected chi connectivity index (χ0v) is 12.3. The fraction of sp³-hybridized carbons (Fsp3) is 0.308. The van der Waals surface area contributed by atoms with Gasteiger partial charge in [0.1, 0.15) is 0 Å². The molecule has 3 rings (SSSR count). The predicted octanol–water partition coefficient (Wildman–Crippen LogP) is 0.503. The average Bonchev–Trinajstić information content (AvgIpc) is 3.02. The molecule has 7 nitrogen and oxygen atoms in total. The van der Waals surface area contributed by atoms with Crippen molar-refractivity contribution < 1.29 is 8.42 Å². The van der Waals surface area contributed by atoms with E-state index in [1.54, 1.807) is 0 Å². The lowest BCUT2D eigenvalue weighted by atomic mass is 10.2. The second-order valence-electron chi connectivity index (χ2n) is 4.90. The summed E-state index contributed by atoms with van der Waals surface area (Å²) in [5.74, 6) is 0. The smallest absolute Gasteiger partial charge is 0.260 e. The van der Waals surface area contributed by atoms with Gasteiger partial charge in [0.05, 0.1) is 12.5 Å². The number of hydrogen-bond donors (Lipinski definition) is 2. The van der Waals surface area contributed by atoms with E-state index in [-0.39, 0.29) is 5.03 Å². The van der Waals surface area contributed by atoms with E-state index in [1.165, 1.54) is 16.8 Å². The first-order valence-electron chi connectivity index (χ1n) is 6.66. The van der Waals surface area contributed by atoms with Gasteiger partial charge in [0, 0.05) is 37.6 Å². The van der Waals surface area contributed by atoms with Gasteiger partial charge in [-0.1, -0.05) is 6.07 Å². The highest BCUT2D eigenvalue weighted by molar-refractivity contribution is 7.89. The number of hydrogen-bond acceptors (Lipinski definition) is 5. The van der Waals surface area contributed by atoms with Crippen molar-refractivity contribution in [1.29, 1.82) is 0 Å². The zero-order valence-electron chi connectivity index (χ0n) is 11.4. The molecule has 0 spiro atoms. The number of anilines is 2. The van der Waals surface area contributed by atoms with E-state index in [4.69, 9.17) is 5.73 Å². The summed E-state index contributed by atoms with van der Waals surface area (Å²) < 4.78 is 26.2.